The molecule has 90 valence electrons. The fourth-order valence-corrected chi connectivity index (χ4v) is 3.79. The van der Waals surface area contributed by atoms with Crippen molar-refractivity contribution in [2.45, 2.75) is 11.5 Å². The number of pyridine rings is 1. The third-order valence-corrected chi connectivity index (χ3v) is 4.64. The number of halogens is 2. The molecule has 0 bridgehead atoms. The molecule has 0 amide bonds. The van der Waals surface area contributed by atoms with Crippen LogP contribution in [0.1, 0.15) is 10.7 Å². The van der Waals surface area contributed by atoms with Crippen LogP contribution in [-0.2, 0) is 22.3 Å². The van der Waals surface area contributed by atoms with Crippen molar-refractivity contribution in [3.63, 3.8) is 0 Å². The lowest BCUT2D eigenvalue weighted by molar-refractivity contribution is 0.681. The van der Waals surface area contributed by atoms with Gasteiger partial charge in [0, 0.05) is 28.6 Å². The zero-order valence-electron chi connectivity index (χ0n) is 8.60. The fraction of sp³-hybridized carbons (Fsp3) is 0.200. The van der Waals surface area contributed by atoms with Gasteiger partial charge < -0.3 is 0 Å². The molecule has 17 heavy (non-hydrogen) atoms. The van der Waals surface area contributed by atoms with Gasteiger partial charge in [0.1, 0.15) is 5.01 Å². The van der Waals surface area contributed by atoms with E-state index in [1.165, 1.54) is 17.5 Å². The van der Waals surface area contributed by atoms with E-state index in [9.17, 15) is 4.21 Å². The minimum Gasteiger partial charge on any atom is -0.259 e. The van der Waals surface area contributed by atoms with Gasteiger partial charge in [0.2, 0.25) is 0 Å². The molecule has 2 aromatic heterocycles. The van der Waals surface area contributed by atoms with Crippen LogP contribution in [0.5, 0.6) is 0 Å². The van der Waals surface area contributed by atoms with Gasteiger partial charge in [0.25, 0.3) is 0 Å². The summed E-state index contributed by atoms with van der Waals surface area (Å²) < 4.78 is 11.9. The molecule has 1 atom stereocenters. The smallest absolute Gasteiger partial charge is 0.105 e. The molecule has 2 aromatic rings. The van der Waals surface area contributed by atoms with Crippen LogP contribution >= 0.6 is 34.5 Å². The standard InChI is InChI=1S/C10H8Cl2N2OS2/c11-7-3-8(12)9(14-4-7)5-17(15)6-10-13-1-2-16-10/h1-4H,5-6H2. The van der Waals surface area contributed by atoms with E-state index < -0.39 is 10.8 Å². The van der Waals surface area contributed by atoms with E-state index >= 15 is 0 Å². The maximum absolute atomic E-state index is 11.9. The molecule has 0 saturated carbocycles. The Hall–Kier alpha value is -0.490. The third-order valence-electron chi connectivity index (χ3n) is 1.95. The fourth-order valence-electron chi connectivity index (χ4n) is 1.21. The van der Waals surface area contributed by atoms with Gasteiger partial charge in [-0.05, 0) is 6.07 Å². The summed E-state index contributed by atoms with van der Waals surface area (Å²) in [5.41, 5.74) is 0.603. The summed E-state index contributed by atoms with van der Waals surface area (Å²) in [6.45, 7) is 0. The highest BCUT2D eigenvalue weighted by Crippen LogP contribution is 2.20. The zero-order chi connectivity index (χ0) is 12.3. The quantitative estimate of drug-likeness (QED) is 0.870. The molecule has 0 aromatic carbocycles. The Balaban J connectivity index is 2.03. The summed E-state index contributed by atoms with van der Waals surface area (Å²) in [6, 6.07) is 1.60. The summed E-state index contributed by atoms with van der Waals surface area (Å²) in [5, 5.41) is 3.64. The number of thiazole rings is 1. The van der Waals surface area contributed by atoms with E-state index in [0.717, 1.165) is 5.01 Å². The lowest BCUT2D eigenvalue weighted by Gasteiger charge is -2.03. The first-order chi connectivity index (χ1) is 8.15. The topological polar surface area (TPSA) is 42.9 Å². The first kappa shape index (κ1) is 13.0. The van der Waals surface area contributed by atoms with Crippen molar-refractivity contribution >= 4 is 45.3 Å². The van der Waals surface area contributed by atoms with E-state index in [0.29, 0.717) is 27.2 Å². The highest BCUT2D eigenvalue weighted by molar-refractivity contribution is 7.83. The average molecular weight is 307 g/mol. The van der Waals surface area contributed by atoms with Gasteiger partial charge in [-0.25, -0.2) is 4.98 Å². The lowest BCUT2D eigenvalue weighted by Crippen LogP contribution is -2.01. The van der Waals surface area contributed by atoms with Crippen molar-refractivity contribution in [1.29, 1.82) is 0 Å². The number of aromatic nitrogens is 2. The number of hydrogen-bond acceptors (Lipinski definition) is 4. The second kappa shape index (κ2) is 5.91. The van der Waals surface area contributed by atoms with Crippen molar-refractivity contribution < 1.29 is 4.21 Å². The van der Waals surface area contributed by atoms with Crippen LogP contribution in [-0.4, -0.2) is 14.2 Å². The molecule has 2 rings (SSSR count). The summed E-state index contributed by atoms with van der Waals surface area (Å²) in [6.07, 6.45) is 3.20. The van der Waals surface area contributed by atoms with Crippen molar-refractivity contribution in [3.05, 3.63) is 44.6 Å². The Morgan fingerprint density at radius 2 is 2.12 bits per heavy atom. The monoisotopic (exact) mass is 306 g/mol. The van der Waals surface area contributed by atoms with E-state index in [4.69, 9.17) is 23.2 Å². The summed E-state index contributed by atoms with van der Waals surface area (Å²) in [5.74, 6) is 0.744. The Labute approximate surface area is 115 Å². The summed E-state index contributed by atoms with van der Waals surface area (Å²) in [7, 11) is -1.06. The van der Waals surface area contributed by atoms with Gasteiger partial charge >= 0.3 is 0 Å². The third kappa shape index (κ3) is 3.74. The van der Waals surface area contributed by atoms with Crippen LogP contribution in [0.15, 0.2) is 23.8 Å². The summed E-state index contributed by atoms with van der Waals surface area (Å²) in [4.78, 5) is 8.16. The van der Waals surface area contributed by atoms with Crippen molar-refractivity contribution in [1.82, 2.24) is 9.97 Å². The Bertz CT molecular complexity index is 531. The minimum atomic E-state index is -1.06. The molecule has 0 aliphatic heterocycles. The van der Waals surface area contributed by atoms with Gasteiger partial charge in [0.05, 0.1) is 27.2 Å². The Kier molecular flexibility index (Phi) is 4.50. The van der Waals surface area contributed by atoms with Gasteiger partial charge in [-0.15, -0.1) is 11.3 Å². The first-order valence-corrected chi connectivity index (χ1v) is 7.81. The molecular weight excluding hydrogens is 299 g/mol. The van der Waals surface area contributed by atoms with Crippen LogP contribution in [0.2, 0.25) is 10.0 Å². The largest absolute Gasteiger partial charge is 0.259 e. The van der Waals surface area contributed by atoms with Gasteiger partial charge in [-0.2, -0.15) is 0 Å². The highest BCUT2D eigenvalue weighted by Gasteiger charge is 2.09. The molecule has 0 radical (unpaired) electrons. The van der Waals surface area contributed by atoms with Gasteiger partial charge in [0.15, 0.2) is 0 Å². The minimum absolute atomic E-state index is 0.315. The van der Waals surface area contributed by atoms with Crippen LogP contribution in [0, 0.1) is 0 Å². The predicted molar refractivity (Wildman–Crippen MR) is 71.9 cm³/mol. The maximum Gasteiger partial charge on any atom is 0.105 e. The van der Waals surface area contributed by atoms with Crippen LogP contribution in [0.3, 0.4) is 0 Å². The molecule has 2 heterocycles. The molecule has 0 saturated heterocycles. The molecule has 7 heteroatoms. The highest BCUT2D eigenvalue weighted by atomic mass is 35.5. The van der Waals surface area contributed by atoms with Crippen molar-refractivity contribution in [2.75, 3.05) is 0 Å². The van der Waals surface area contributed by atoms with Crippen LogP contribution in [0.25, 0.3) is 0 Å². The van der Waals surface area contributed by atoms with Crippen molar-refractivity contribution in [2.24, 2.45) is 0 Å². The molecular formula is C10H8Cl2N2OS2. The maximum atomic E-state index is 11.9. The first-order valence-electron chi connectivity index (χ1n) is 4.68. The molecule has 0 fully saturated rings. The molecule has 1 unspecified atom stereocenters. The lowest BCUT2D eigenvalue weighted by atomic mass is 10.4. The molecule has 3 nitrogen and oxygen atoms in total. The van der Waals surface area contributed by atoms with Crippen LogP contribution in [0.4, 0.5) is 0 Å². The molecule has 0 aliphatic rings. The molecule has 0 aliphatic carbocycles. The SMILES string of the molecule is O=S(Cc1nccs1)Cc1ncc(Cl)cc1Cl. The van der Waals surface area contributed by atoms with Gasteiger partial charge in [-0.1, -0.05) is 23.2 Å². The predicted octanol–water partition coefficient (Wildman–Crippen LogP) is 3.29. The zero-order valence-corrected chi connectivity index (χ0v) is 11.7. The number of rotatable bonds is 4. The Morgan fingerprint density at radius 3 is 2.76 bits per heavy atom. The van der Waals surface area contributed by atoms with E-state index in [1.807, 2.05) is 5.38 Å². The summed E-state index contributed by atoms with van der Waals surface area (Å²) >= 11 is 13.2. The van der Waals surface area contributed by atoms with Crippen molar-refractivity contribution in [3.8, 4) is 0 Å². The number of nitrogens with zero attached hydrogens (tertiary/aromatic N) is 2. The average Bonchev–Trinajstić information content (AvgIpc) is 2.75. The second-order valence-electron chi connectivity index (χ2n) is 3.24. The van der Waals surface area contributed by atoms with E-state index in [2.05, 4.69) is 9.97 Å². The Morgan fingerprint density at radius 1 is 1.29 bits per heavy atom. The number of hydrogen-bond donors (Lipinski definition) is 0. The van der Waals surface area contributed by atoms with Gasteiger partial charge in [-0.3, -0.25) is 9.19 Å². The van der Waals surface area contributed by atoms with E-state index in [-0.39, 0.29) is 0 Å². The molecule has 0 spiro atoms. The van der Waals surface area contributed by atoms with E-state index in [1.54, 1.807) is 12.3 Å². The van der Waals surface area contributed by atoms with Crippen LogP contribution < -0.4 is 0 Å². The molecule has 0 N–H and O–H groups in total. The normalized spacial score (nSPS) is 12.6. The second-order valence-corrected chi connectivity index (χ2v) is 6.52.